The van der Waals surface area contributed by atoms with Gasteiger partial charge in [-0.1, -0.05) is 36.4 Å². The average Bonchev–Trinajstić information content (AvgIpc) is 2.60. The molecule has 2 amide bonds. The van der Waals surface area contributed by atoms with Gasteiger partial charge in [-0.25, -0.2) is 0 Å². The summed E-state index contributed by atoms with van der Waals surface area (Å²) in [6.07, 6.45) is 0. The Labute approximate surface area is 135 Å². The van der Waals surface area contributed by atoms with Gasteiger partial charge in [-0.15, -0.1) is 0 Å². The minimum absolute atomic E-state index is 0.404. The minimum Gasteiger partial charge on any atom is -0.497 e. The van der Waals surface area contributed by atoms with E-state index in [4.69, 9.17) is 4.74 Å². The molecule has 23 heavy (non-hydrogen) atoms. The largest absolute Gasteiger partial charge is 0.497 e. The van der Waals surface area contributed by atoms with Crippen molar-refractivity contribution in [2.75, 3.05) is 19.0 Å². The number of benzene rings is 2. The van der Waals surface area contributed by atoms with Crippen molar-refractivity contribution in [3.63, 3.8) is 0 Å². The zero-order valence-electron chi connectivity index (χ0n) is 13.3. The Balaban J connectivity index is 2.03. The number of carbonyl (C=O) groups excluding carboxylic acids is 2. The minimum atomic E-state index is -0.656. The summed E-state index contributed by atoms with van der Waals surface area (Å²) in [6.45, 7) is 2.71. The summed E-state index contributed by atoms with van der Waals surface area (Å²) in [5.74, 6) is -0.595. The van der Waals surface area contributed by atoms with E-state index in [1.54, 1.807) is 31.4 Å². The average molecular weight is 312 g/mol. The Kier molecular flexibility index (Phi) is 5.74. The number of ether oxygens (including phenoxy) is 1. The van der Waals surface area contributed by atoms with Crippen LogP contribution >= 0.6 is 0 Å². The van der Waals surface area contributed by atoms with E-state index in [0.29, 0.717) is 24.5 Å². The molecule has 1 N–H and O–H groups in total. The van der Waals surface area contributed by atoms with Crippen molar-refractivity contribution in [2.24, 2.45) is 0 Å². The zero-order chi connectivity index (χ0) is 16.7. The van der Waals surface area contributed by atoms with Crippen LogP contribution in [0.3, 0.4) is 0 Å². The Morgan fingerprint density at radius 1 is 1.09 bits per heavy atom. The molecule has 0 aliphatic rings. The lowest BCUT2D eigenvalue weighted by atomic mass is 10.2. The Morgan fingerprint density at radius 3 is 2.48 bits per heavy atom. The number of rotatable bonds is 5. The number of anilines is 1. The fourth-order valence-electron chi connectivity index (χ4n) is 2.16. The maximum absolute atomic E-state index is 12.3. The number of nitrogens with one attached hydrogen (secondary N) is 1. The molecule has 0 saturated heterocycles. The van der Waals surface area contributed by atoms with E-state index in [-0.39, 0.29) is 0 Å². The number of nitrogens with zero attached hydrogens (tertiary/aromatic N) is 1. The quantitative estimate of drug-likeness (QED) is 0.864. The number of methoxy groups -OCH3 is 1. The molecule has 5 nitrogen and oxygen atoms in total. The van der Waals surface area contributed by atoms with Crippen LogP contribution in [0.5, 0.6) is 5.75 Å². The number of likely N-dealkylation sites (N-methyl/N-ethyl adjacent to an activating group) is 1. The fourth-order valence-corrected chi connectivity index (χ4v) is 2.16. The lowest BCUT2D eigenvalue weighted by Crippen LogP contribution is -2.39. The third kappa shape index (κ3) is 4.57. The van der Waals surface area contributed by atoms with Gasteiger partial charge in [-0.2, -0.15) is 0 Å². The van der Waals surface area contributed by atoms with Gasteiger partial charge in [0.1, 0.15) is 5.75 Å². The van der Waals surface area contributed by atoms with Gasteiger partial charge >= 0.3 is 11.8 Å². The SMILES string of the molecule is CCN(Cc1ccccc1)C(=O)C(=O)Nc1cccc(OC)c1. The molecule has 2 aromatic rings. The number of carbonyl (C=O) groups is 2. The molecule has 0 aromatic heterocycles. The summed E-state index contributed by atoms with van der Waals surface area (Å²) in [7, 11) is 1.55. The molecule has 0 fully saturated rings. The number of amides is 2. The van der Waals surface area contributed by atoms with Crippen LogP contribution in [0.15, 0.2) is 54.6 Å². The highest BCUT2D eigenvalue weighted by molar-refractivity contribution is 6.39. The van der Waals surface area contributed by atoms with Crippen molar-refractivity contribution >= 4 is 17.5 Å². The first-order valence-corrected chi connectivity index (χ1v) is 7.42. The molecule has 2 rings (SSSR count). The summed E-state index contributed by atoms with van der Waals surface area (Å²) in [5, 5.41) is 2.61. The molecule has 0 spiro atoms. The molecule has 0 unspecified atom stereocenters. The predicted octanol–water partition coefficient (Wildman–Crippen LogP) is 2.68. The second kappa shape index (κ2) is 7.98. The normalized spacial score (nSPS) is 10.0. The van der Waals surface area contributed by atoms with Crippen molar-refractivity contribution in [1.29, 1.82) is 0 Å². The Bertz CT molecular complexity index is 671. The van der Waals surface area contributed by atoms with Crippen LogP contribution in [0.25, 0.3) is 0 Å². The molecule has 0 saturated carbocycles. The van der Waals surface area contributed by atoms with Crippen molar-refractivity contribution in [2.45, 2.75) is 13.5 Å². The van der Waals surface area contributed by atoms with Gasteiger partial charge in [0.05, 0.1) is 7.11 Å². The smallest absolute Gasteiger partial charge is 0.313 e. The molecular weight excluding hydrogens is 292 g/mol. The van der Waals surface area contributed by atoms with Gasteiger partial charge in [-0.3, -0.25) is 9.59 Å². The van der Waals surface area contributed by atoms with Gasteiger partial charge < -0.3 is 15.0 Å². The summed E-state index contributed by atoms with van der Waals surface area (Å²) in [6, 6.07) is 16.5. The zero-order valence-corrected chi connectivity index (χ0v) is 13.3. The maximum atomic E-state index is 12.3. The van der Waals surface area contributed by atoms with E-state index in [0.717, 1.165) is 5.56 Å². The predicted molar refractivity (Wildman–Crippen MR) is 89.2 cm³/mol. The lowest BCUT2D eigenvalue weighted by Gasteiger charge is -2.20. The Morgan fingerprint density at radius 2 is 1.83 bits per heavy atom. The van der Waals surface area contributed by atoms with E-state index < -0.39 is 11.8 Å². The highest BCUT2D eigenvalue weighted by Gasteiger charge is 2.21. The fraction of sp³-hybridized carbons (Fsp3) is 0.222. The molecule has 0 aliphatic carbocycles. The van der Waals surface area contributed by atoms with Crippen LogP contribution in [0, 0.1) is 0 Å². The second-order valence-corrected chi connectivity index (χ2v) is 4.99. The van der Waals surface area contributed by atoms with Crippen molar-refractivity contribution in [3.8, 4) is 5.75 Å². The molecule has 0 atom stereocenters. The van der Waals surface area contributed by atoms with E-state index in [2.05, 4.69) is 5.32 Å². The lowest BCUT2D eigenvalue weighted by molar-refractivity contribution is -0.143. The molecule has 0 bridgehead atoms. The third-order valence-corrected chi connectivity index (χ3v) is 3.41. The van der Waals surface area contributed by atoms with Crippen LogP contribution in [0.2, 0.25) is 0 Å². The van der Waals surface area contributed by atoms with E-state index >= 15 is 0 Å². The van der Waals surface area contributed by atoms with Crippen LogP contribution in [-0.4, -0.2) is 30.4 Å². The van der Waals surface area contributed by atoms with Gasteiger partial charge in [-0.05, 0) is 24.6 Å². The summed E-state index contributed by atoms with van der Waals surface area (Å²) < 4.78 is 5.10. The van der Waals surface area contributed by atoms with Crippen molar-refractivity contribution in [3.05, 3.63) is 60.2 Å². The first-order valence-electron chi connectivity index (χ1n) is 7.42. The van der Waals surface area contributed by atoms with Gasteiger partial charge in [0.25, 0.3) is 0 Å². The Hall–Kier alpha value is -2.82. The number of hydrogen-bond donors (Lipinski definition) is 1. The van der Waals surface area contributed by atoms with Crippen molar-refractivity contribution in [1.82, 2.24) is 4.90 Å². The number of hydrogen-bond acceptors (Lipinski definition) is 3. The van der Waals surface area contributed by atoms with E-state index in [1.807, 2.05) is 37.3 Å². The standard InChI is InChI=1S/C18H20N2O3/c1-3-20(13-14-8-5-4-6-9-14)18(22)17(21)19-15-10-7-11-16(12-15)23-2/h4-12H,3,13H2,1-2H3,(H,19,21). The maximum Gasteiger partial charge on any atom is 0.313 e. The first kappa shape index (κ1) is 16.5. The molecule has 2 aromatic carbocycles. The van der Waals surface area contributed by atoms with Gasteiger partial charge in [0, 0.05) is 24.8 Å². The molecule has 0 heterocycles. The highest BCUT2D eigenvalue weighted by atomic mass is 16.5. The second-order valence-electron chi connectivity index (χ2n) is 4.99. The molecule has 0 aliphatic heterocycles. The molecule has 120 valence electrons. The van der Waals surface area contributed by atoms with Crippen molar-refractivity contribution < 1.29 is 14.3 Å². The molecule has 0 radical (unpaired) electrons. The van der Waals surface area contributed by atoms with Crippen LogP contribution < -0.4 is 10.1 Å². The first-order chi connectivity index (χ1) is 11.1. The van der Waals surface area contributed by atoms with E-state index in [9.17, 15) is 9.59 Å². The van der Waals surface area contributed by atoms with Crippen LogP contribution in [0.1, 0.15) is 12.5 Å². The topological polar surface area (TPSA) is 58.6 Å². The molecule has 5 heteroatoms. The van der Waals surface area contributed by atoms with Gasteiger partial charge in [0.2, 0.25) is 0 Å². The van der Waals surface area contributed by atoms with E-state index in [1.165, 1.54) is 4.90 Å². The monoisotopic (exact) mass is 312 g/mol. The summed E-state index contributed by atoms with van der Waals surface area (Å²) >= 11 is 0. The van der Waals surface area contributed by atoms with Gasteiger partial charge in [0.15, 0.2) is 0 Å². The third-order valence-electron chi connectivity index (χ3n) is 3.41. The summed E-state index contributed by atoms with van der Waals surface area (Å²) in [4.78, 5) is 26.0. The molecular formula is C18H20N2O3. The highest BCUT2D eigenvalue weighted by Crippen LogP contribution is 2.16. The van der Waals surface area contributed by atoms with Crippen LogP contribution in [-0.2, 0) is 16.1 Å². The van der Waals surface area contributed by atoms with Crippen LogP contribution in [0.4, 0.5) is 5.69 Å². The summed E-state index contributed by atoms with van der Waals surface area (Å²) in [5.41, 5.74) is 1.51.